The zero-order chi connectivity index (χ0) is 13.2. The molecule has 0 fully saturated rings. The third-order valence-electron chi connectivity index (χ3n) is 3.98. The molecule has 0 bridgehead atoms. The number of rotatable bonds is 4. The third-order valence-corrected chi connectivity index (χ3v) is 3.98. The highest BCUT2D eigenvalue weighted by Crippen LogP contribution is 2.34. The molecule has 3 rings (SSSR count). The summed E-state index contributed by atoms with van der Waals surface area (Å²) in [5, 5.41) is 3.50. The molecule has 2 unspecified atom stereocenters. The van der Waals surface area contributed by atoms with Crippen LogP contribution in [0.15, 0.2) is 48.5 Å². The summed E-state index contributed by atoms with van der Waals surface area (Å²) in [6.07, 6.45) is 1.15. The molecule has 98 valence electrons. The molecule has 1 aliphatic carbocycles. The molecule has 0 amide bonds. The van der Waals surface area contributed by atoms with Gasteiger partial charge in [0, 0.05) is 18.5 Å². The minimum absolute atomic E-state index is 0.167. The van der Waals surface area contributed by atoms with Crippen molar-refractivity contribution in [2.75, 3.05) is 6.54 Å². The van der Waals surface area contributed by atoms with E-state index in [9.17, 15) is 4.39 Å². The predicted molar refractivity (Wildman–Crippen MR) is 75.7 cm³/mol. The van der Waals surface area contributed by atoms with Crippen LogP contribution in [-0.2, 0) is 6.42 Å². The van der Waals surface area contributed by atoms with Crippen LogP contribution >= 0.6 is 0 Å². The van der Waals surface area contributed by atoms with Crippen molar-refractivity contribution < 1.29 is 4.39 Å². The number of hydrogen-bond donors (Lipinski definition) is 1. The van der Waals surface area contributed by atoms with E-state index < -0.39 is 0 Å². The molecule has 0 spiro atoms. The summed E-state index contributed by atoms with van der Waals surface area (Å²) in [5.41, 5.74) is 3.93. The Labute approximate surface area is 113 Å². The van der Waals surface area contributed by atoms with Crippen LogP contribution in [0.5, 0.6) is 0 Å². The molecule has 0 saturated carbocycles. The molecule has 0 aliphatic heterocycles. The second-order valence-corrected chi connectivity index (χ2v) is 5.28. The van der Waals surface area contributed by atoms with Gasteiger partial charge in [-0.05, 0) is 42.2 Å². The first kappa shape index (κ1) is 12.4. The summed E-state index contributed by atoms with van der Waals surface area (Å²) in [6, 6.07) is 15.6. The number of benzene rings is 2. The van der Waals surface area contributed by atoms with E-state index in [2.05, 4.69) is 36.5 Å². The van der Waals surface area contributed by atoms with Crippen LogP contribution in [0.3, 0.4) is 0 Å². The van der Waals surface area contributed by atoms with Crippen LogP contribution < -0.4 is 5.32 Å². The lowest BCUT2D eigenvalue weighted by Gasteiger charge is -2.31. The zero-order valence-electron chi connectivity index (χ0n) is 11.1. The molecule has 0 radical (unpaired) electrons. The van der Waals surface area contributed by atoms with Crippen molar-refractivity contribution in [1.82, 2.24) is 5.32 Å². The van der Waals surface area contributed by atoms with Crippen molar-refractivity contribution in [2.45, 2.75) is 25.3 Å². The van der Waals surface area contributed by atoms with Crippen molar-refractivity contribution in [3.05, 3.63) is 71.0 Å². The molecule has 2 heteroatoms. The summed E-state index contributed by atoms with van der Waals surface area (Å²) < 4.78 is 13.2. The van der Waals surface area contributed by atoms with Crippen LogP contribution in [0.4, 0.5) is 4.39 Å². The number of fused-ring (bicyclic) bond motifs is 1. The Hall–Kier alpha value is -1.67. The highest BCUT2D eigenvalue weighted by molar-refractivity contribution is 5.40. The van der Waals surface area contributed by atoms with Gasteiger partial charge in [-0.2, -0.15) is 0 Å². The van der Waals surface area contributed by atoms with Crippen LogP contribution in [-0.4, -0.2) is 6.54 Å². The van der Waals surface area contributed by atoms with E-state index >= 15 is 0 Å². The molecule has 1 N–H and O–H groups in total. The summed E-state index contributed by atoms with van der Waals surface area (Å²) in [4.78, 5) is 0. The lowest BCUT2D eigenvalue weighted by Crippen LogP contribution is -2.30. The smallest absolute Gasteiger partial charge is 0.123 e. The molecular formula is C17H18FN. The number of hydrogen-bond acceptors (Lipinski definition) is 1. The lowest BCUT2D eigenvalue weighted by atomic mass is 9.77. The minimum atomic E-state index is -0.167. The molecule has 1 nitrogen and oxygen atoms in total. The van der Waals surface area contributed by atoms with E-state index in [4.69, 9.17) is 0 Å². The van der Waals surface area contributed by atoms with Gasteiger partial charge in [0.25, 0.3) is 0 Å². The van der Waals surface area contributed by atoms with Crippen molar-refractivity contribution in [3.8, 4) is 0 Å². The largest absolute Gasteiger partial charge is 0.310 e. The van der Waals surface area contributed by atoms with E-state index in [0.29, 0.717) is 5.92 Å². The van der Waals surface area contributed by atoms with E-state index in [1.54, 1.807) is 12.1 Å². The molecule has 2 aromatic carbocycles. The molecular weight excluding hydrogens is 237 g/mol. The molecule has 19 heavy (non-hydrogen) atoms. The average Bonchev–Trinajstić information content (AvgIpc) is 2.39. The third kappa shape index (κ3) is 2.54. The topological polar surface area (TPSA) is 12.0 Å². The number of nitrogens with one attached hydrogen (secondary N) is 1. The highest BCUT2D eigenvalue weighted by Gasteiger charge is 2.25. The highest BCUT2D eigenvalue weighted by atomic mass is 19.1. The first-order valence-corrected chi connectivity index (χ1v) is 6.80. The molecule has 1 aliphatic rings. The molecule has 0 heterocycles. The maximum Gasteiger partial charge on any atom is 0.123 e. The summed E-state index contributed by atoms with van der Waals surface area (Å²) in [5.74, 6) is 0.437. The quantitative estimate of drug-likeness (QED) is 0.876. The van der Waals surface area contributed by atoms with Gasteiger partial charge in [-0.25, -0.2) is 4.39 Å². The van der Waals surface area contributed by atoms with E-state index in [-0.39, 0.29) is 11.9 Å². The Morgan fingerprint density at radius 2 is 2.05 bits per heavy atom. The summed E-state index contributed by atoms with van der Waals surface area (Å²) >= 11 is 0. The lowest BCUT2D eigenvalue weighted by molar-refractivity contribution is 0.487. The average molecular weight is 255 g/mol. The van der Waals surface area contributed by atoms with Gasteiger partial charge in [-0.1, -0.05) is 36.4 Å². The van der Waals surface area contributed by atoms with Gasteiger partial charge < -0.3 is 5.32 Å². The molecule has 0 saturated heterocycles. The van der Waals surface area contributed by atoms with Crippen molar-refractivity contribution in [1.29, 1.82) is 0 Å². The second kappa shape index (κ2) is 5.14. The summed E-state index contributed by atoms with van der Waals surface area (Å²) in [6.45, 7) is 3.04. The van der Waals surface area contributed by atoms with E-state index in [1.165, 1.54) is 17.2 Å². The van der Waals surface area contributed by atoms with Crippen molar-refractivity contribution in [2.24, 2.45) is 0 Å². The first-order valence-electron chi connectivity index (χ1n) is 6.80. The Balaban J connectivity index is 1.59. The van der Waals surface area contributed by atoms with Crippen LogP contribution in [0, 0.1) is 5.82 Å². The maximum atomic E-state index is 13.2. The van der Waals surface area contributed by atoms with Gasteiger partial charge in [0.1, 0.15) is 5.82 Å². The first-order chi connectivity index (χ1) is 9.24. The van der Waals surface area contributed by atoms with Crippen LogP contribution in [0.1, 0.15) is 35.6 Å². The molecule has 2 atom stereocenters. The Kier molecular flexibility index (Phi) is 3.34. The van der Waals surface area contributed by atoms with Gasteiger partial charge in [-0.3, -0.25) is 0 Å². The Bertz CT molecular complexity index is 579. The fourth-order valence-electron chi connectivity index (χ4n) is 2.76. The van der Waals surface area contributed by atoms with E-state index in [0.717, 1.165) is 18.5 Å². The Morgan fingerprint density at radius 3 is 2.84 bits per heavy atom. The van der Waals surface area contributed by atoms with Gasteiger partial charge >= 0.3 is 0 Å². The molecule has 2 aromatic rings. The standard InChI is InChI=1S/C17H18FN/c1-12(13-6-4-7-16(18)10-13)19-11-15-9-14-5-2-3-8-17(14)15/h2-8,10,12,15,19H,9,11H2,1H3. The molecule has 0 aromatic heterocycles. The second-order valence-electron chi connectivity index (χ2n) is 5.28. The monoisotopic (exact) mass is 255 g/mol. The SMILES string of the molecule is CC(NCC1Cc2ccccc21)c1cccc(F)c1. The van der Waals surface area contributed by atoms with Crippen molar-refractivity contribution >= 4 is 0 Å². The number of halogens is 1. The fraction of sp³-hybridized carbons (Fsp3) is 0.294. The maximum absolute atomic E-state index is 13.2. The van der Waals surface area contributed by atoms with Crippen molar-refractivity contribution in [3.63, 3.8) is 0 Å². The fourth-order valence-corrected chi connectivity index (χ4v) is 2.76. The van der Waals surface area contributed by atoms with Gasteiger partial charge in [0.05, 0.1) is 0 Å². The Morgan fingerprint density at radius 1 is 1.21 bits per heavy atom. The predicted octanol–water partition coefficient (Wildman–Crippen LogP) is 3.82. The van der Waals surface area contributed by atoms with Crippen LogP contribution in [0.25, 0.3) is 0 Å². The van der Waals surface area contributed by atoms with Gasteiger partial charge in [0.15, 0.2) is 0 Å². The summed E-state index contributed by atoms with van der Waals surface area (Å²) in [7, 11) is 0. The normalized spacial score (nSPS) is 18.5. The zero-order valence-corrected chi connectivity index (χ0v) is 11.1. The minimum Gasteiger partial charge on any atom is -0.310 e. The van der Waals surface area contributed by atoms with Gasteiger partial charge in [0.2, 0.25) is 0 Å². The van der Waals surface area contributed by atoms with Crippen LogP contribution in [0.2, 0.25) is 0 Å². The van der Waals surface area contributed by atoms with Gasteiger partial charge in [-0.15, -0.1) is 0 Å². The van der Waals surface area contributed by atoms with E-state index in [1.807, 2.05) is 6.07 Å².